The first-order valence-corrected chi connectivity index (χ1v) is 7.46. The fourth-order valence-corrected chi connectivity index (χ4v) is 3.12. The molecular weight excluding hydrogens is 248 g/mol. The number of carbonyl (C=O) groups is 1. The molecule has 0 aromatic heterocycles. The minimum absolute atomic E-state index is 0.00272. The second-order valence-electron chi connectivity index (χ2n) is 7.40. The highest BCUT2D eigenvalue weighted by atomic mass is 16.5. The van der Waals surface area contributed by atoms with Crippen molar-refractivity contribution in [1.82, 2.24) is 0 Å². The standard InChI is InChI=1S/C18H26O2/c1-7-20-16(19)15-14(18(15,5)6)12-8-10-13(11-9-12)17(2,3)4/h8-11,14-15H,7H2,1-6H3. The number of esters is 1. The summed E-state index contributed by atoms with van der Waals surface area (Å²) in [6.07, 6.45) is 0. The highest BCUT2D eigenvalue weighted by molar-refractivity contribution is 5.79. The van der Waals surface area contributed by atoms with Crippen molar-refractivity contribution in [2.24, 2.45) is 11.3 Å². The normalized spacial score (nSPS) is 24.3. The SMILES string of the molecule is CCOC(=O)C1C(c2ccc(C(C)(C)C)cc2)C1(C)C. The molecule has 2 unspecified atom stereocenters. The summed E-state index contributed by atoms with van der Waals surface area (Å²) in [4.78, 5) is 12.0. The van der Waals surface area contributed by atoms with Gasteiger partial charge in [0.05, 0.1) is 12.5 Å². The van der Waals surface area contributed by atoms with E-state index in [4.69, 9.17) is 4.74 Å². The number of ether oxygens (including phenoxy) is 1. The van der Waals surface area contributed by atoms with Crippen LogP contribution in [0.1, 0.15) is 58.6 Å². The Kier molecular flexibility index (Phi) is 3.70. The van der Waals surface area contributed by atoms with Gasteiger partial charge in [-0.15, -0.1) is 0 Å². The zero-order valence-electron chi connectivity index (χ0n) is 13.5. The number of benzene rings is 1. The molecule has 2 nitrogen and oxygen atoms in total. The van der Waals surface area contributed by atoms with Crippen molar-refractivity contribution >= 4 is 5.97 Å². The van der Waals surface area contributed by atoms with Crippen LogP contribution in [0.3, 0.4) is 0 Å². The first-order chi connectivity index (χ1) is 9.19. The summed E-state index contributed by atoms with van der Waals surface area (Å²) < 4.78 is 5.19. The Labute approximate surface area is 122 Å². The average molecular weight is 274 g/mol. The molecule has 1 aliphatic rings. The lowest BCUT2D eigenvalue weighted by Crippen LogP contribution is -2.11. The molecule has 1 fully saturated rings. The Morgan fingerprint density at radius 2 is 1.75 bits per heavy atom. The lowest BCUT2D eigenvalue weighted by Gasteiger charge is -2.19. The number of carbonyl (C=O) groups excluding carboxylic acids is 1. The summed E-state index contributed by atoms with van der Waals surface area (Å²) in [5.74, 6) is 0.237. The number of rotatable bonds is 3. The van der Waals surface area contributed by atoms with E-state index in [1.54, 1.807) is 0 Å². The van der Waals surface area contributed by atoms with Crippen molar-refractivity contribution in [1.29, 1.82) is 0 Å². The Hall–Kier alpha value is -1.31. The monoisotopic (exact) mass is 274 g/mol. The second-order valence-corrected chi connectivity index (χ2v) is 7.40. The molecule has 0 spiro atoms. The third-order valence-corrected chi connectivity index (χ3v) is 4.50. The molecule has 0 aliphatic heterocycles. The van der Waals surface area contributed by atoms with Crippen molar-refractivity contribution in [2.45, 2.75) is 52.9 Å². The van der Waals surface area contributed by atoms with E-state index in [-0.39, 0.29) is 28.6 Å². The molecule has 2 rings (SSSR count). The van der Waals surface area contributed by atoms with Crippen molar-refractivity contribution < 1.29 is 9.53 Å². The fraction of sp³-hybridized carbons (Fsp3) is 0.611. The maximum absolute atomic E-state index is 12.0. The van der Waals surface area contributed by atoms with Crippen LogP contribution in [0.15, 0.2) is 24.3 Å². The number of hydrogen-bond acceptors (Lipinski definition) is 2. The van der Waals surface area contributed by atoms with E-state index in [0.717, 1.165) is 0 Å². The van der Waals surface area contributed by atoms with Crippen molar-refractivity contribution in [3.8, 4) is 0 Å². The summed E-state index contributed by atoms with van der Waals surface area (Å²) >= 11 is 0. The minimum Gasteiger partial charge on any atom is -0.466 e. The molecule has 0 radical (unpaired) electrons. The Balaban J connectivity index is 2.19. The fourth-order valence-electron chi connectivity index (χ4n) is 3.12. The molecule has 0 saturated heterocycles. The molecule has 0 N–H and O–H groups in total. The topological polar surface area (TPSA) is 26.3 Å². The molecule has 1 saturated carbocycles. The van der Waals surface area contributed by atoms with Gasteiger partial charge in [0.2, 0.25) is 0 Å². The maximum atomic E-state index is 12.0. The first-order valence-electron chi connectivity index (χ1n) is 7.46. The van der Waals surface area contributed by atoms with Crippen LogP contribution < -0.4 is 0 Å². The van der Waals surface area contributed by atoms with E-state index >= 15 is 0 Å². The molecule has 0 heterocycles. The minimum atomic E-state index is -0.0533. The van der Waals surface area contributed by atoms with Crippen molar-refractivity contribution in [3.05, 3.63) is 35.4 Å². The highest BCUT2D eigenvalue weighted by Gasteiger charge is 2.63. The lowest BCUT2D eigenvalue weighted by molar-refractivity contribution is -0.145. The van der Waals surface area contributed by atoms with E-state index in [2.05, 4.69) is 58.9 Å². The van der Waals surface area contributed by atoms with Gasteiger partial charge in [-0.3, -0.25) is 4.79 Å². The van der Waals surface area contributed by atoms with Crippen LogP contribution >= 0.6 is 0 Å². The zero-order chi connectivity index (χ0) is 15.1. The lowest BCUT2D eigenvalue weighted by atomic mass is 9.86. The quantitative estimate of drug-likeness (QED) is 0.769. The Morgan fingerprint density at radius 3 is 2.20 bits per heavy atom. The van der Waals surface area contributed by atoms with Crippen molar-refractivity contribution in [3.63, 3.8) is 0 Å². The molecule has 1 aromatic rings. The van der Waals surface area contributed by atoms with E-state index < -0.39 is 0 Å². The third-order valence-electron chi connectivity index (χ3n) is 4.50. The van der Waals surface area contributed by atoms with Gasteiger partial charge in [-0.1, -0.05) is 58.9 Å². The van der Waals surface area contributed by atoms with Crippen LogP contribution in [0.2, 0.25) is 0 Å². The van der Waals surface area contributed by atoms with E-state index in [9.17, 15) is 4.79 Å². The average Bonchev–Trinajstić information content (AvgIpc) is 2.92. The summed E-state index contributed by atoms with van der Waals surface area (Å²) in [5, 5.41) is 0. The van der Waals surface area contributed by atoms with Crippen LogP contribution in [-0.2, 0) is 14.9 Å². The summed E-state index contributed by atoms with van der Waals surface area (Å²) in [6, 6.07) is 8.72. The van der Waals surface area contributed by atoms with E-state index in [1.807, 2.05) is 6.92 Å². The van der Waals surface area contributed by atoms with Gasteiger partial charge in [-0.25, -0.2) is 0 Å². The molecule has 20 heavy (non-hydrogen) atoms. The van der Waals surface area contributed by atoms with Gasteiger partial charge in [0.15, 0.2) is 0 Å². The molecule has 1 aliphatic carbocycles. The van der Waals surface area contributed by atoms with Gasteiger partial charge in [0, 0.05) is 5.92 Å². The summed E-state index contributed by atoms with van der Waals surface area (Å²) in [7, 11) is 0. The molecule has 110 valence electrons. The van der Waals surface area contributed by atoms with E-state index in [0.29, 0.717) is 6.61 Å². The van der Waals surface area contributed by atoms with Crippen LogP contribution in [0, 0.1) is 11.3 Å². The zero-order valence-corrected chi connectivity index (χ0v) is 13.5. The second kappa shape index (κ2) is 4.91. The molecule has 0 amide bonds. The Bertz CT molecular complexity index is 491. The number of hydrogen-bond donors (Lipinski definition) is 0. The van der Waals surface area contributed by atoms with Crippen molar-refractivity contribution in [2.75, 3.05) is 6.61 Å². The van der Waals surface area contributed by atoms with E-state index in [1.165, 1.54) is 11.1 Å². The highest BCUT2D eigenvalue weighted by Crippen LogP contribution is 2.64. The van der Waals surface area contributed by atoms with Gasteiger partial charge < -0.3 is 4.74 Å². The van der Waals surface area contributed by atoms with Crippen LogP contribution in [0.25, 0.3) is 0 Å². The molecule has 0 bridgehead atoms. The predicted molar refractivity (Wildman–Crippen MR) is 81.8 cm³/mol. The molecule has 1 aromatic carbocycles. The molecule has 2 heteroatoms. The first kappa shape index (κ1) is 15.1. The summed E-state index contributed by atoms with van der Waals surface area (Å²) in [6.45, 7) is 13.3. The Morgan fingerprint density at radius 1 is 1.20 bits per heavy atom. The van der Waals surface area contributed by atoms with Crippen LogP contribution in [0.5, 0.6) is 0 Å². The van der Waals surface area contributed by atoms with Gasteiger partial charge >= 0.3 is 5.97 Å². The molecule has 2 atom stereocenters. The predicted octanol–water partition coefficient (Wildman–Crippen LogP) is 4.29. The molecular formula is C18H26O2. The third kappa shape index (κ3) is 2.61. The largest absolute Gasteiger partial charge is 0.466 e. The van der Waals surface area contributed by atoms with Crippen LogP contribution in [0.4, 0.5) is 0 Å². The summed E-state index contributed by atoms with van der Waals surface area (Å²) in [5.41, 5.74) is 2.75. The van der Waals surface area contributed by atoms with Gasteiger partial charge in [0.25, 0.3) is 0 Å². The van der Waals surface area contributed by atoms with Gasteiger partial charge in [-0.05, 0) is 28.9 Å². The maximum Gasteiger partial charge on any atom is 0.310 e. The smallest absolute Gasteiger partial charge is 0.310 e. The van der Waals surface area contributed by atoms with Gasteiger partial charge in [0.1, 0.15) is 0 Å². The van der Waals surface area contributed by atoms with Crippen LogP contribution in [-0.4, -0.2) is 12.6 Å². The van der Waals surface area contributed by atoms with Gasteiger partial charge in [-0.2, -0.15) is 0 Å².